The van der Waals surface area contributed by atoms with Crippen molar-refractivity contribution in [2.24, 2.45) is 5.92 Å². The number of aliphatic carboxylic acids is 1. The minimum atomic E-state index is -0.833. The van der Waals surface area contributed by atoms with Crippen molar-refractivity contribution in [3.63, 3.8) is 0 Å². The van der Waals surface area contributed by atoms with E-state index in [0.29, 0.717) is 5.92 Å². The molecular formula is C26H40CuN4O2. The summed E-state index contributed by atoms with van der Waals surface area (Å²) in [5, 5.41) is 7.42. The number of rotatable bonds is 4. The Kier molecular flexibility index (Phi) is 13.0. The quantitative estimate of drug-likeness (QED) is 0.637. The zero-order valence-electron chi connectivity index (χ0n) is 19.9. The summed E-state index contributed by atoms with van der Waals surface area (Å²) in [4.78, 5) is 19.8. The number of fused-ring (bicyclic) bond motifs is 3. The molecule has 6 nitrogen and oxygen atoms in total. The third-order valence-electron chi connectivity index (χ3n) is 6.47. The average Bonchev–Trinajstić information content (AvgIpc) is 2.94. The van der Waals surface area contributed by atoms with Crippen LogP contribution in [-0.4, -0.2) is 103 Å². The summed E-state index contributed by atoms with van der Waals surface area (Å²) in [6.07, 6.45) is 10.3. The van der Waals surface area contributed by atoms with E-state index in [0.717, 1.165) is 13.5 Å². The van der Waals surface area contributed by atoms with Gasteiger partial charge in [0.15, 0.2) is 0 Å². The van der Waals surface area contributed by atoms with Crippen molar-refractivity contribution in [2.45, 2.75) is 19.9 Å². The van der Waals surface area contributed by atoms with Gasteiger partial charge in [-0.1, -0.05) is 54.6 Å². The standard InChI is InChI=1S/C24H36N4.C2H4O2.Cu/c1-3-7-23(8-4-1)21-27-17-13-25-11-12-26(14-18-27)16-20-28(19-15-25)22-24-9-5-2-6-10-24;1-2(3)4;/h1-9,24H,10-22H2;1H3,(H,3,4);. The van der Waals surface area contributed by atoms with Gasteiger partial charge in [-0.25, -0.2) is 0 Å². The second kappa shape index (κ2) is 15.4. The Morgan fingerprint density at radius 1 is 0.848 bits per heavy atom. The zero-order chi connectivity index (χ0) is 22.6. The van der Waals surface area contributed by atoms with Crippen LogP contribution in [0, 0.1) is 5.92 Å². The number of carboxylic acid groups (broad SMARTS) is 1. The van der Waals surface area contributed by atoms with Gasteiger partial charge >= 0.3 is 0 Å². The van der Waals surface area contributed by atoms with Crippen LogP contribution < -0.4 is 0 Å². The van der Waals surface area contributed by atoms with Crippen LogP contribution in [-0.2, 0) is 28.4 Å². The molecule has 2 saturated heterocycles. The van der Waals surface area contributed by atoms with Crippen molar-refractivity contribution in [1.82, 2.24) is 19.6 Å². The molecule has 0 aromatic heterocycles. The summed E-state index contributed by atoms with van der Waals surface area (Å²) >= 11 is 0. The summed E-state index contributed by atoms with van der Waals surface area (Å²) < 4.78 is 0. The van der Waals surface area contributed by atoms with Crippen molar-refractivity contribution < 1.29 is 27.0 Å². The number of allylic oxidation sites excluding steroid dienone is 3. The van der Waals surface area contributed by atoms with Crippen molar-refractivity contribution in [3.8, 4) is 0 Å². The molecule has 2 aliphatic heterocycles. The maximum Gasteiger partial charge on any atom is 0.300 e. The molecule has 1 N–H and O–H groups in total. The molecule has 1 aliphatic carbocycles. The molecule has 187 valence electrons. The topological polar surface area (TPSA) is 50.3 Å². The Morgan fingerprint density at radius 2 is 1.36 bits per heavy atom. The predicted octanol–water partition coefficient (Wildman–Crippen LogP) is 2.64. The fourth-order valence-corrected chi connectivity index (χ4v) is 4.59. The third kappa shape index (κ3) is 11.0. The van der Waals surface area contributed by atoms with Crippen molar-refractivity contribution >= 4 is 5.97 Å². The van der Waals surface area contributed by atoms with Crippen molar-refractivity contribution in [3.05, 3.63) is 60.2 Å². The number of hydrogen-bond acceptors (Lipinski definition) is 5. The first-order valence-electron chi connectivity index (χ1n) is 12.0. The summed E-state index contributed by atoms with van der Waals surface area (Å²) in [5.74, 6) is -0.137. The zero-order valence-corrected chi connectivity index (χ0v) is 20.9. The van der Waals surface area contributed by atoms with Crippen molar-refractivity contribution in [1.29, 1.82) is 0 Å². The molecule has 2 fully saturated rings. The van der Waals surface area contributed by atoms with Crippen molar-refractivity contribution in [2.75, 3.05) is 72.0 Å². The van der Waals surface area contributed by atoms with Gasteiger partial charge in [-0.15, -0.1) is 0 Å². The minimum absolute atomic E-state index is 0. The summed E-state index contributed by atoms with van der Waals surface area (Å²) in [5.41, 5.74) is 1.44. The van der Waals surface area contributed by atoms with Crippen LogP contribution in [0.15, 0.2) is 54.6 Å². The first-order valence-corrected chi connectivity index (χ1v) is 12.0. The molecule has 1 aromatic rings. The van der Waals surface area contributed by atoms with E-state index in [1.807, 2.05) is 0 Å². The smallest absolute Gasteiger partial charge is 0.300 e. The number of carboxylic acids is 1. The summed E-state index contributed by atoms with van der Waals surface area (Å²) in [6, 6.07) is 11.0. The Labute approximate surface area is 210 Å². The van der Waals surface area contributed by atoms with Crippen LogP contribution in [0.25, 0.3) is 0 Å². The van der Waals surface area contributed by atoms with Gasteiger partial charge in [0, 0.05) is 103 Å². The molecule has 33 heavy (non-hydrogen) atoms. The van der Waals surface area contributed by atoms with E-state index in [-0.39, 0.29) is 17.1 Å². The molecule has 1 aromatic carbocycles. The molecular weight excluding hydrogens is 464 g/mol. The first kappa shape index (κ1) is 27.8. The van der Waals surface area contributed by atoms with E-state index < -0.39 is 5.97 Å². The Morgan fingerprint density at radius 3 is 1.88 bits per heavy atom. The van der Waals surface area contributed by atoms with Crippen LogP contribution in [0.4, 0.5) is 0 Å². The van der Waals surface area contributed by atoms with E-state index in [4.69, 9.17) is 9.90 Å². The van der Waals surface area contributed by atoms with Gasteiger partial charge in [-0.05, 0) is 17.9 Å². The molecule has 4 rings (SSSR count). The molecule has 3 aliphatic rings. The van der Waals surface area contributed by atoms with E-state index in [1.54, 1.807) is 0 Å². The number of carbonyl (C=O) groups is 1. The largest absolute Gasteiger partial charge is 0.481 e. The second-order valence-electron chi connectivity index (χ2n) is 9.07. The SMILES string of the molecule is C1=CCC(CN2CCN3CCN(CCN(Cc4ccccc4)CC3)CC2)C=C1.CC(=O)O.[Cu]. The Balaban J connectivity index is 0.000000714. The molecule has 0 spiro atoms. The van der Waals surface area contributed by atoms with Crippen LogP contribution >= 0.6 is 0 Å². The third-order valence-corrected chi connectivity index (χ3v) is 6.47. The monoisotopic (exact) mass is 503 g/mol. The molecule has 3 unspecified atom stereocenters. The van der Waals surface area contributed by atoms with Gasteiger partial charge in [0.1, 0.15) is 0 Å². The maximum atomic E-state index is 9.00. The van der Waals surface area contributed by atoms with E-state index in [9.17, 15) is 0 Å². The van der Waals surface area contributed by atoms with E-state index in [1.165, 1.54) is 84.0 Å². The van der Waals surface area contributed by atoms with Gasteiger partial charge in [-0.3, -0.25) is 19.5 Å². The van der Waals surface area contributed by atoms with E-state index in [2.05, 4.69) is 74.2 Å². The summed E-state index contributed by atoms with van der Waals surface area (Å²) in [6.45, 7) is 15.4. The van der Waals surface area contributed by atoms with Crippen LogP contribution in [0.2, 0.25) is 0 Å². The number of hydrogen-bond donors (Lipinski definition) is 1. The fourth-order valence-electron chi connectivity index (χ4n) is 4.59. The number of nitrogens with zero attached hydrogens (tertiary/aromatic N) is 4. The molecule has 1 radical (unpaired) electrons. The van der Waals surface area contributed by atoms with Gasteiger partial charge in [0.25, 0.3) is 5.97 Å². The molecule has 0 amide bonds. The Hall–Kier alpha value is -1.47. The van der Waals surface area contributed by atoms with Gasteiger partial charge in [0.2, 0.25) is 0 Å². The van der Waals surface area contributed by atoms with Gasteiger partial charge in [0.05, 0.1) is 0 Å². The molecule has 2 heterocycles. The molecule has 2 bridgehead atoms. The molecule has 3 atom stereocenters. The average molecular weight is 504 g/mol. The van der Waals surface area contributed by atoms with Crippen LogP contribution in [0.5, 0.6) is 0 Å². The van der Waals surface area contributed by atoms with Crippen LogP contribution in [0.1, 0.15) is 18.9 Å². The Bertz CT molecular complexity index is 719. The first-order chi connectivity index (χ1) is 15.6. The maximum absolute atomic E-state index is 9.00. The minimum Gasteiger partial charge on any atom is -0.481 e. The summed E-state index contributed by atoms with van der Waals surface area (Å²) in [7, 11) is 0. The molecule has 0 saturated carbocycles. The van der Waals surface area contributed by atoms with Gasteiger partial charge < -0.3 is 10.0 Å². The normalized spacial score (nSPS) is 26.3. The van der Waals surface area contributed by atoms with E-state index >= 15 is 0 Å². The molecule has 7 heteroatoms. The predicted molar refractivity (Wildman–Crippen MR) is 131 cm³/mol. The second-order valence-corrected chi connectivity index (χ2v) is 9.07. The number of benzene rings is 1. The fraction of sp³-hybridized carbons (Fsp3) is 0.577. The van der Waals surface area contributed by atoms with Gasteiger partial charge in [-0.2, -0.15) is 0 Å². The van der Waals surface area contributed by atoms with Crippen LogP contribution in [0.3, 0.4) is 0 Å².